The van der Waals surface area contributed by atoms with Crippen molar-refractivity contribution in [3.8, 4) is 10.6 Å². The molecule has 1 atom stereocenters. The minimum Gasteiger partial charge on any atom is -0.389 e. The zero-order valence-electron chi connectivity index (χ0n) is 19.5. The molecule has 0 spiro atoms. The Labute approximate surface area is 208 Å². The second-order valence-electron chi connectivity index (χ2n) is 8.01. The molecule has 0 aliphatic rings. The summed E-state index contributed by atoms with van der Waals surface area (Å²) >= 11 is 0.774. The van der Waals surface area contributed by atoms with E-state index in [1.54, 1.807) is 7.05 Å². The fourth-order valence-corrected chi connectivity index (χ4v) is 4.42. The van der Waals surface area contributed by atoms with E-state index in [0.717, 1.165) is 29.9 Å². The van der Waals surface area contributed by atoms with Crippen molar-refractivity contribution in [1.29, 1.82) is 0 Å². The van der Waals surface area contributed by atoms with Gasteiger partial charge in [-0.25, -0.2) is 13.8 Å². The molecule has 14 heteroatoms. The molecule has 0 saturated heterocycles. The summed E-state index contributed by atoms with van der Waals surface area (Å²) in [6.07, 6.45) is -1.23. The first-order valence-electron chi connectivity index (χ1n) is 11.1. The number of carbonyl (C=O) groups excluding carboxylic acids is 1. The molecule has 0 saturated carbocycles. The third-order valence-electron chi connectivity index (χ3n) is 5.25. The van der Waals surface area contributed by atoms with Crippen LogP contribution in [0.25, 0.3) is 10.6 Å². The summed E-state index contributed by atoms with van der Waals surface area (Å²) in [4.78, 5) is 16.9. The molecule has 0 bridgehead atoms. The fraction of sp³-hybridized carbons (Fsp3) is 0.409. The molecule has 0 radical (unpaired) electrons. The highest BCUT2D eigenvalue weighted by atomic mass is 32.1. The van der Waals surface area contributed by atoms with Crippen LogP contribution >= 0.6 is 11.3 Å². The van der Waals surface area contributed by atoms with E-state index in [0.29, 0.717) is 25.2 Å². The maximum atomic E-state index is 14.1. The number of thiazole rings is 1. The summed E-state index contributed by atoms with van der Waals surface area (Å²) in [6, 6.07) is 3.02. The average Bonchev–Trinajstić information content (AvgIpc) is 3.34. The third-order valence-corrected chi connectivity index (χ3v) is 6.15. The van der Waals surface area contributed by atoms with E-state index in [2.05, 4.69) is 26.0 Å². The second-order valence-corrected chi connectivity index (χ2v) is 9.04. The van der Waals surface area contributed by atoms with Crippen molar-refractivity contribution < 1.29 is 26.7 Å². The zero-order chi connectivity index (χ0) is 26.5. The lowest BCUT2D eigenvalue weighted by molar-refractivity contribution is -0.126. The van der Waals surface area contributed by atoms with E-state index in [1.165, 1.54) is 16.9 Å². The van der Waals surface area contributed by atoms with Crippen molar-refractivity contribution in [3.05, 3.63) is 41.7 Å². The van der Waals surface area contributed by atoms with Gasteiger partial charge in [0.1, 0.15) is 33.1 Å². The van der Waals surface area contributed by atoms with Crippen molar-refractivity contribution in [2.75, 3.05) is 29.5 Å². The van der Waals surface area contributed by atoms with Gasteiger partial charge in [-0.1, -0.05) is 30.7 Å². The molecule has 0 unspecified atom stereocenters. The summed E-state index contributed by atoms with van der Waals surface area (Å²) in [5, 5.41) is 12.2. The van der Waals surface area contributed by atoms with Gasteiger partial charge < -0.3 is 21.7 Å². The molecule has 196 valence electrons. The lowest BCUT2D eigenvalue weighted by atomic mass is 10.1. The smallest absolute Gasteiger partial charge is 0.389 e. The minimum absolute atomic E-state index is 0.0262. The third kappa shape index (κ3) is 6.91. The first-order valence-corrected chi connectivity index (χ1v) is 11.9. The fourth-order valence-electron chi connectivity index (χ4n) is 3.55. The lowest BCUT2D eigenvalue weighted by Crippen LogP contribution is -2.38. The number of carbonyl (C=O) groups is 1. The molecule has 2 aromatic heterocycles. The topological polar surface area (TPSA) is 110 Å². The van der Waals surface area contributed by atoms with Gasteiger partial charge >= 0.3 is 6.18 Å². The molecular weight excluding hydrogens is 505 g/mol. The van der Waals surface area contributed by atoms with E-state index in [9.17, 15) is 26.7 Å². The van der Waals surface area contributed by atoms with Crippen LogP contribution in [0.1, 0.15) is 36.7 Å². The number of benzene rings is 1. The SMILES string of the molecule is CCC[C@H](CCNc1c(NC(=O)c2nc(-c3c(F)cccc3F)sc2N)cnn1C)NCC(F)(F)F. The Morgan fingerprint density at radius 3 is 2.56 bits per heavy atom. The zero-order valence-corrected chi connectivity index (χ0v) is 20.4. The summed E-state index contributed by atoms with van der Waals surface area (Å²) in [6.45, 7) is 1.13. The van der Waals surface area contributed by atoms with Crippen LogP contribution in [0.5, 0.6) is 0 Å². The molecule has 0 aliphatic carbocycles. The second kappa shape index (κ2) is 11.6. The van der Waals surface area contributed by atoms with Gasteiger partial charge in [-0.15, -0.1) is 0 Å². The van der Waals surface area contributed by atoms with Gasteiger partial charge in [0.05, 0.1) is 18.3 Å². The Kier molecular flexibility index (Phi) is 8.84. The Morgan fingerprint density at radius 2 is 1.92 bits per heavy atom. The van der Waals surface area contributed by atoms with E-state index in [4.69, 9.17) is 5.73 Å². The normalized spacial score (nSPS) is 12.5. The largest absolute Gasteiger partial charge is 0.401 e. The quantitative estimate of drug-likeness (QED) is 0.265. The van der Waals surface area contributed by atoms with E-state index in [1.807, 2.05) is 6.92 Å². The number of alkyl halides is 3. The number of rotatable bonds is 11. The summed E-state index contributed by atoms with van der Waals surface area (Å²) in [5.74, 6) is -1.96. The predicted octanol–water partition coefficient (Wildman–Crippen LogP) is 4.78. The summed E-state index contributed by atoms with van der Waals surface area (Å²) in [7, 11) is 1.62. The van der Waals surface area contributed by atoms with Gasteiger partial charge in [-0.3, -0.25) is 9.48 Å². The Morgan fingerprint density at radius 1 is 1.22 bits per heavy atom. The van der Waals surface area contributed by atoms with Crippen LogP contribution in [0.3, 0.4) is 0 Å². The minimum atomic E-state index is -4.30. The number of aromatic nitrogens is 3. The van der Waals surface area contributed by atoms with Gasteiger partial charge in [-0.2, -0.15) is 18.3 Å². The monoisotopic (exact) mass is 531 g/mol. The number of hydrogen-bond donors (Lipinski definition) is 4. The molecule has 3 rings (SSSR count). The molecule has 3 aromatic rings. The number of amides is 1. The Balaban J connectivity index is 1.68. The van der Waals surface area contributed by atoms with Gasteiger partial charge in [0.25, 0.3) is 5.91 Å². The number of aryl methyl sites for hydroxylation is 1. The van der Waals surface area contributed by atoms with Gasteiger partial charge in [-0.05, 0) is 25.0 Å². The molecule has 0 aliphatic heterocycles. The number of anilines is 3. The molecule has 8 nitrogen and oxygen atoms in total. The molecule has 2 heterocycles. The maximum Gasteiger partial charge on any atom is 0.401 e. The summed E-state index contributed by atoms with van der Waals surface area (Å²) < 4.78 is 67.4. The molecule has 5 N–H and O–H groups in total. The van der Waals surface area contributed by atoms with Crippen LogP contribution in [0.4, 0.5) is 38.5 Å². The van der Waals surface area contributed by atoms with Crippen molar-refractivity contribution in [3.63, 3.8) is 0 Å². The average molecular weight is 532 g/mol. The number of nitrogens with one attached hydrogen (secondary N) is 3. The number of nitrogens with two attached hydrogens (primary N) is 1. The van der Waals surface area contributed by atoms with Crippen molar-refractivity contribution in [2.45, 2.75) is 38.4 Å². The van der Waals surface area contributed by atoms with Crippen LogP contribution in [0, 0.1) is 11.6 Å². The van der Waals surface area contributed by atoms with E-state index >= 15 is 0 Å². The van der Waals surface area contributed by atoms with Crippen molar-refractivity contribution in [1.82, 2.24) is 20.1 Å². The first kappa shape index (κ1) is 27.3. The van der Waals surface area contributed by atoms with E-state index in [-0.39, 0.29) is 33.0 Å². The highest BCUT2D eigenvalue weighted by Crippen LogP contribution is 2.34. The highest BCUT2D eigenvalue weighted by Gasteiger charge is 2.28. The molecular formula is C22H26F5N7OS. The Bertz CT molecular complexity index is 1170. The Hall–Kier alpha value is -3.26. The molecule has 1 amide bonds. The predicted molar refractivity (Wildman–Crippen MR) is 129 cm³/mol. The van der Waals surface area contributed by atoms with Gasteiger partial charge in [0.15, 0.2) is 5.69 Å². The van der Waals surface area contributed by atoms with Crippen LogP contribution in [0.2, 0.25) is 0 Å². The van der Waals surface area contributed by atoms with Crippen molar-refractivity contribution >= 4 is 33.8 Å². The number of hydrogen-bond acceptors (Lipinski definition) is 7. The number of nitrogen functional groups attached to an aromatic ring is 1. The standard InChI is InChI=1S/C22H26F5N7OS/c1-3-5-12(30-11-22(25,26)27)8-9-29-19-15(10-31-34(19)2)32-20(35)17-18(28)36-21(33-17)16-13(23)6-4-7-14(16)24/h4,6-7,10,12,29-30H,3,5,8-9,11,28H2,1-2H3,(H,32,35)/t12-/m1/s1. The van der Waals surface area contributed by atoms with Crippen LogP contribution in [0.15, 0.2) is 24.4 Å². The summed E-state index contributed by atoms with van der Waals surface area (Å²) in [5.41, 5.74) is 5.61. The number of halogens is 5. The molecule has 0 fully saturated rings. The molecule has 1 aromatic carbocycles. The first-order chi connectivity index (χ1) is 17.0. The van der Waals surface area contributed by atoms with Crippen LogP contribution in [-0.4, -0.2) is 46.0 Å². The lowest BCUT2D eigenvalue weighted by Gasteiger charge is -2.20. The highest BCUT2D eigenvalue weighted by molar-refractivity contribution is 7.19. The maximum absolute atomic E-state index is 14.1. The van der Waals surface area contributed by atoms with Gasteiger partial charge in [0, 0.05) is 19.6 Å². The van der Waals surface area contributed by atoms with Gasteiger partial charge in [0.2, 0.25) is 0 Å². The number of nitrogens with zero attached hydrogens (tertiary/aromatic N) is 3. The molecule has 36 heavy (non-hydrogen) atoms. The van der Waals surface area contributed by atoms with E-state index < -0.39 is 30.3 Å². The van der Waals surface area contributed by atoms with Crippen molar-refractivity contribution in [2.24, 2.45) is 7.05 Å². The van der Waals surface area contributed by atoms with Crippen LogP contribution < -0.4 is 21.7 Å². The van der Waals surface area contributed by atoms with Crippen LogP contribution in [-0.2, 0) is 7.05 Å².